The van der Waals surface area contributed by atoms with E-state index in [-0.39, 0.29) is 38.8 Å². The van der Waals surface area contributed by atoms with Gasteiger partial charge in [-0.15, -0.1) is 0 Å². The summed E-state index contributed by atoms with van der Waals surface area (Å²) in [6.45, 7) is 1.44. The number of hydrogen-bond acceptors (Lipinski definition) is 12. The number of H-pyrrole nitrogens is 4. The fourth-order valence-electron chi connectivity index (χ4n) is 9.42. The first kappa shape index (κ1) is 50.6. The molecule has 79 heavy (non-hydrogen) atoms. The highest BCUT2D eigenvalue weighted by Gasteiger charge is 2.23. The molecule has 0 bridgehead atoms. The molecular weight excluding hydrogens is 1090 g/mol. The highest BCUT2D eigenvalue weighted by molar-refractivity contribution is 7.90. The second-order valence-electron chi connectivity index (χ2n) is 18.6. The third-order valence-electron chi connectivity index (χ3n) is 13.3. The SMILES string of the molecule is Cc1ccc(S(=O)(=O)NCc2cc3cc(-c4cc(Cl)c5[nH]ncc5c4)c(-c4cccc(-c5n[nH]c6c(Cl)cc(-c7cc8cc(CC(=O)NS(=O)(=O)c9ccccc9)c(=O)[nH]c8nc7-c7ccccc7)cc56)c4)nc3[nH]c2=O)cn1. The van der Waals surface area contributed by atoms with Crippen molar-refractivity contribution in [3.63, 3.8) is 0 Å². The number of aromatic amines is 4. The third kappa shape index (κ3) is 9.83. The quantitative estimate of drug-likeness (QED) is 0.0630. The number of halogens is 2. The molecule has 12 aromatic rings. The Bertz CT molecular complexity index is 4820. The van der Waals surface area contributed by atoms with Gasteiger partial charge in [-0.1, -0.05) is 89.9 Å². The van der Waals surface area contributed by atoms with Gasteiger partial charge < -0.3 is 9.97 Å². The van der Waals surface area contributed by atoms with Crippen molar-refractivity contribution in [3.8, 4) is 56.0 Å². The highest BCUT2D eigenvalue weighted by Crippen LogP contribution is 2.42. The van der Waals surface area contributed by atoms with Gasteiger partial charge in [0.25, 0.3) is 21.1 Å². The Balaban J connectivity index is 0.943. The number of aryl methyl sites for hydroxylation is 1. The van der Waals surface area contributed by atoms with Crippen LogP contribution in [-0.2, 0) is 37.8 Å². The van der Waals surface area contributed by atoms with Gasteiger partial charge in [0, 0.05) is 78.9 Å². The zero-order chi connectivity index (χ0) is 54.7. The van der Waals surface area contributed by atoms with Crippen molar-refractivity contribution in [2.45, 2.75) is 29.7 Å². The smallest absolute Gasteiger partial charge is 0.264 e. The molecule has 0 fully saturated rings. The van der Waals surface area contributed by atoms with E-state index in [0.29, 0.717) is 93.4 Å². The average Bonchev–Trinajstić information content (AvgIpc) is 4.34. The number of sulfonamides is 2. The van der Waals surface area contributed by atoms with Gasteiger partial charge in [-0.2, -0.15) is 10.2 Å². The molecule has 0 spiro atoms. The Morgan fingerprint density at radius 1 is 0.557 bits per heavy atom. The number of rotatable bonds is 13. The molecule has 22 heteroatoms. The van der Waals surface area contributed by atoms with Gasteiger partial charge in [0.2, 0.25) is 15.9 Å². The Morgan fingerprint density at radius 3 is 1.85 bits per heavy atom. The molecular formula is C57H39Cl2N11O7S2. The maximum absolute atomic E-state index is 13.7. The molecule has 0 unspecified atom stereocenters. The van der Waals surface area contributed by atoms with Crippen LogP contribution in [0.3, 0.4) is 0 Å². The van der Waals surface area contributed by atoms with Gasteiger partial charge in [0.15, 0.2) is 0 Å². The minimum Gasteiger partial charge on any atom is -0.306 e. The van der Waals surface area contributed by atoms with E-state index in [1.807, 2.05) is 78.9 Å². The van der Waals surface area contributed by atoms with E-state index in [2.05, 4.69) is 39.7 Å². The molecule has 0 aliphatic heterocycles. The standard InChI is InChI=1S/C57H39Cl2N11O7S2/c1-30-15-16-42(29-60-30)78(74,75)62-28-40-20-37-23-43(34-18-39-27-61-67-52(39)46(58)24-34)50(64-55(37)66-57(40)73)32-11-8-12-33(17-32)51-45-21-35(25-47(59)53(45)69-68-51)44-22-36-19-38(26-48(71)70-79(76,77)41-13-6-3-7-14-41)56(72)65-54(36)63-49(44)31-9-4-2-5-10-31/h2-25,27,29,62H,26,28H2,1H3,(H,61,67)(H,68,69)(H,70,71)(H,63,65,72)(H,64,66,73). The summed E-state index contributed by atoms with van der Waals surface area (Å²) in [6, 6.07) is 41.6. The number of amides is 1. The van der Waals surface area contributed by atoms with Crippen molar-refractivity contribution in [3.05, 3.63) is 206 Å². The minimum absolute atomic E-state index is 0.0156. The molecule has 7 heterocycles. The number of hydrogen-bond donors (Lipinski definition) is 6. The van der Waals surface area contributed by atoms with Crippen LogP contribution in [0.5, 0.6) is 0 Å². The highest BCUT2D eigenvalue weighted by atomic mass is 35.5. The van der Waals surface area contributed by atoms with Gasteiger partial charge in [0.05, 0.1) is 55.7 Å². The molecule has 0 radical (unpaired) electrons. The maximum atomic E-state index is 13.7. The summed E-state index contributed by atoms with van der Waals surface area (Å²) in [5.41, 5.74) is 7.48. The number of benzene rings is 5. The van der Waals surface area contributed by atoms with Crippen molar-refractivity contribution < 1.29 is 21.6 Å². The summed E-state index contributed by atoms with van der Waals surface area (Å²) >= 11 is 14.0. The van der Waals surface area contributed by atoms with Crippen molar-refractivity contribution in [1.29, 1.82) is 0 Å². The van der Waals surface area contributed by atoms with Gasteiger partial charge in [-0.3, -0.25) is 29.6 Å². The van der Waals surface area contributed by atoms with E-state index >= 15 is 0 Å². The lowest BCUT2D eigenvalue weighted by Crippen LogP contribution is -2.33. The van der Waals surface area contributed by atoms with Gasteiger partial charge >= 0.3 is 0 Å². The largest absolute Gasteiger partial charge is 0.306 e. The van der Waals surface area contributed by atoms with Crippen molar-refractivity contribution in [2.24, 2.45) is 0 Å². The van der Waals surface area contributed by atoms with Crippen LogP contribution >= 0.6 is 23.2 Å². The lowest BCUT2D eigenvalue weighted by atomic mass is 9.94. The van der Waals surface area contributed by atoms with Crippen LogP contribution < -0.4 is 20.6 Å². The van der Waals surface area contributed by atoms with Gasteiger partial charge in [-0.05, 0) is 96.9 Å². The summed E-state index contributed by atoms with van der Waals surface area (Å²) in [5.74, 6) is -0.897. The second-order valence-corrected chi connectivity index (χ2v) is 22.8. The van der Waals surface area contributed by atoms with Crippen molar-refractivity contribution in [2.75, 3.05) is 0 Å². The molecule has 0 saturated carbocycles. The van der Waals surface area contributed by atoms with Crippen LogP contribution in [0.15, 0.2) is 177 Å². The number of pyridine rings is 5. The topological polar surface area (TPSA) is 271 Å². The number of nitrogens with one attached hydrogen (secondary N) is 6. The van der Waals surface area contributed by atoms with E-state index in [9.17, 15) is 31.2 Å². The minimum atomic E-state index is -4.20. The van der Waals surface area contributed by atoms with Crippen molar-refractivity contribution >= 4 is 93.0 Å². The summed E-state index contributed by atoms with van der Waals surface area (Å²) < 4.78 is 56.9. The summed E-state index contributed by atoms with van der Waals surface area (Å²) in [7, 11) is -8.21. The molecule has 0 aliphatic carbocycles. The maximum Gasteiger partial charge on any atom is 0.264 e. The molecule has 18 nitrogen and oxygen atoms in total. The van der Waals surface area contributed by atoms with Crippen LogP contribution in [0.1, 0.15) is 16.8 Å². The summed E-state index contributed by atoms with van der Waals surface area (Å²) in [5, 5.41) is 18.1. The van der Waals surface area contributed by atoms with Gasteiger partial charge in [0.1, 0.15) is 16.2 Å². The fourth-order valence-corrected chi connectivity index (χ4v) is 11.9. The van der Waals surface area contributed by atoms with Crippen LogP contribution in [0.4, 0.5) is 0 Å². The molecule has 5 aromatic carbocycles. The lowest BCUT2D eigenvalue weighted by Gasteiger charge is -2.14. The lowest BCUT2D eigenvalue weighted by molar-refractivity contribution is -0.118. The number of nitrogens with zero attached hydrogens (tertiary/aromatic N) is 5. The third-order valence-corrected chi connectivity index (χ3v) is 16.7. The van der Waals surface area contributed by atoms with Crippen LogP contribution in [-0.4, -0.2) is 68.1 Å². The number of carbonyl (C=O) groups excluding carboxylic acids is 1. The van der Waals surface area contributed by atoms with Crippen LogP contribution in [0.25, 0.3) is 99.9 Å². The Kier molecular flexibility index (Phi) is 12.8. The van der Waals surface area contributed by atoms with E-state index in [1.54, 1.807) is 43.5 Å². The Morgan fingerprint density at radius 2 is 1.16 bits per heavy atom. The zero-order valence-electron chi connectivity index (χ0n) is 41.1. The second kappa shape index (κ2) is 20.0. The Labute approximate surface area is 458 Å². The molecule has 0 atom stereocenters. The monoisotopic (exact) mass is 1120 g/mol. The molecule has 12 rings (SSSR count). The van der Waals surface area contributed by atoms with Crippen molar-refractivity contribution in [1.82, 2.24) is 54.8 Å². The normalized spacial score (nSPS) is 12.0. The average molecular weight is 1130 g/mol. The predicted octanol–water partition coefficient (Wildman–Crippen LogP) is 9.78. The number of aromatic nitrogens is 9. The molecule has 0 aliphatic rings. The summed E-state index contributed by atoms with van der Waals surface area (Å²) in [4.78, 5) is 59.9. The first-order chi connectivity index (χ1) is 38.0. The predicted molar refractivity (Wildman–Crippen MR) is 303 cm³/mol. The summed E-state index contributed by atoms with van der Waals surface area (Å²) in [6.07, 6.45) is 2.38. The van der Waals surface area contributed by atoms with Crippen LogP contribution in [0.2, 0.25) is 10.0 Å². The fraction of sp³-hybridized carbons (Fsp3) is 0.0526. The first-order valence-corrected chi connectivity index (χ1v) is 27.9. The van der Waals surface area contributed by atoms with E-state index in [0.717, 1.165) is 10.9 Å². The first-order valence-electron chi connectivity index (χ1n) is 24.2. The van der Waals surface area contributed by atoms with Crippen LogP contribution in [0, 0.1) is 6.92 Å². The van der Waals surface area contributed by atoms with E-state index in [4.69, 9.17) is 38.3 Å². The zero-order valence-corrected chi connectivity index (χ0v) is 44.2. The molecule has 1 amide bonds. The number of fused-ring (bicyclic) bond motifs is 4. The van der Waals surface area contributed by atoms with E-state index in [1.165, 1.54) is 42.6 Å². The molecule has 6 N–H and O–H groups in total. The molecule has 390 valence electrons. The van der Waals surface area contributed by atoms with Gasteiger partial charge in [-0.25, -0.2) is 36.2 Å². The number of carbonyl (C=O) groups is 1. The Hall–Kier alpha value is -9.18. The van der Waals surface area contributed by atoms with E-state index < -0.39 is 43.5 Å². The molecule has 0 saturated heterocycles. The molecule has 7 aromatic heterocycles.